The van der Waals surface area contributed by atoms with Crippen LogP contribution in [0.2, 0.25) is 0 Å². The molecule has 2 unspecified atom stereocenters. The van der Waals surface area contributed by atoms with Crippen LogP contribution in [-0.4, -0.2) is 34.9 Å². The van der Waals surface area contributed by atoms with Crippen LogP contribution in [0.3, 0.4) is 0 Å². The van der Waals surface area contributed by atoms with E-state index < -0.39 is 12.1 Å². The number of allylic oxidation sites excluding steroid dienone is 2. The summed E-state index contributed by atoms with van der Waals surface area (Å²) in [6.07, 6.45) is 72.1. The first-order chi connectivity index (χ1) is 31.2. The van der Waals surface area contributed by atoms with Crippen LogP contribution in [0, 0.1) is 0 Å². The number of carbonyl (C=O) groups is 1. The predicted octanol–water partition coefficient (Wildman–Crippen LogP) is 19.3. The van der Waals surface area contributed by atoms with Gasteiger partial charge in [0, 0.05) is 6.42 Å². The number of amides is 1. The smallest absolute Gasteiger partial charge is 0.220 e. The Labute approximate surface area is 397 Å². The molecule has 376 valence electrons. The summed E-state index contributed by atoms with van der Waals surface area (Å²) in [5.41, 5.74) is 0. The molecular formula is C59H117NO3. The number of unbranched alkanes of at least 4 members (excludes halogenated alkanes) is 46. The van der Waals surface area contributed by atoms with E-state index >= 15 is 0 Å². The molecule has 1 amide bonds. The molecule has 0 spiro atoms. The van der Waals surface area contributed by atoms with Gasteiger partial charge in [0.15, 0.2) is 0 Å². The number of hydrogen-bond acceptors (Lipinski definition) is 3. The van der Waals surface area contributed by atoms with E-state index in [1.165, 1.54) is 289 Å². The lowest BCUT2D eigenvalue weighted by Crippen LogP contribution is -2.45. The minimum atomic E-state index is -0.658. The number of carbonyl (C=O) groups excluding carboxylic acids is 1. The van der Waals surface area contributed by atoms with Crippen LogP contribution in [0.15, 0.2) is 12.2 Å². The van der Waals surface area contributed by atoms with E-state index in [2.05, 4.69) is 31.3 Å². The van der Waals surface area contributed by atoms with Crippen LogP contribution in [0.5, 0.6) is 0 Å². The predicted molar refractivity (Wildman–Crippen MR) is 281 cm³/mol. The molecule has 0 aromatic rings. The fraction of sp³-hybridized carbons (Fsp3) is 0.949. The second-order valence-electron chi connectivity index (χ2n) is 20.4. The number of rotatable bonds is 55. The van der Waals surface area contributed by atoms with Gasteiger partial charge in [-0.25, -0.2) is 0 Å². The SMILES string of the molecule is CCCCCCCCCCCCCC/C=C\CCCCCCCCCCCCCCC(=O)NC(CO)C(O)CCCCCCCCCCCCCCCCCCCCCCCCC. The summed E-state index contributed by atoms with van der Waals surface area (Å²) in [5, 5.41) is 23.4. The molecule has 0 heterocycles. The third-order valence-corrected chi connectivity index (χ3v) is 14.0. The topological polar surface area (TPSA) is 69.6 Å². The maximum atomic E-state index is 12.5. The van der Waals surface area contributed by atoms with Crippen molar-refractivity contribution in [1.82, 2.24) is 5.32 Å². The standard InChI is InChI=1S/C59H117NO3/c1-3-5-7-9-11-13-15-17-19-21-23-25-27-28-29-30-31-33-35-37-39-41-43-45-47-49-51-53-55-59(63)60-57(56-61)58(62)54-52-50-48-46-44-42-40-38-36-34-32-26-24-22-20-18-16-14-12-10-8-6-4-2/h28-29,57-58,61-62H,3-27,30-56H2,1-2H3,(H,60,63)/b29-28-. The van der Waals surface area contributed by atoms with Crippen molar-refractivity contribution < 1.29 is 15.0 Å². The van der Waals surface area contributed by atoms with E-state index in [0.717, 1.165) is 25.7 Å². The first-order valence-electron chi connectivity index (χ1n) is 29.4. The number of aliphatic hydroxyl groups is 2. The van der Waals surface area contributed by atoms with Crippen molar-refractivity contribution in [3.8, 4) is 0 Å². The Hall–Kier alpha value is -0.870. The minimum absolute atomic E-state index is 0.0247. The van der Waals surface area contributed by atoms with Crippen molar-refractivity contribution in [2.24, 2.45) is 0 Å². The zero-order valence-corrected chi connectivity index (χ0v) is 43.4. The van der Waals surface area contributed by atoms with Crippen LogP contribution in [0.1, 0.15) is 341 Å². The third-order valence-electron chi connectivity index (χ3n) is 14.0. The summed E-state index contributed by atoms with van der Waals surface area (Å²) in [7, 11) is 0. The maximum absolute atomic E-state index is 12.5. The summed E-state index contributed by atoms with van der Waals surface area (Å²) >= 11 is 0. The van der Waals surface area contributed by atoms with Crippen LogP contribution in [0.25, 0.3) is 0 Å². The lowest BCUT2D eigenvalue weighted by atomic mass is 10.0. The number of hydrogen-bond donors (Lipinski definition) is 3. The summed E-state index contributed by atoms with van der Waals surface area (Å²) in [6.45, 7) is 4.40. The molecule has 0 rings (SSSR count). The molecule has 4 nitrogen and oxygen atoms in total. The van der Waals surface area contributed by atoms with Crippen LogP contribution in [0.4, 0.5) is 0 Å². The van der Waals surface area contributed by atoms with Crippen molar-refractivity contribution in [1.29, 1.82) is 0 Å². The molecule has 0 radical (unpaired) electrons. The van der Waals surface area contributed by atoms with E-state index in [0.29, 0.717) is 12.8 Å². The normalized spacial score (nSPS) is 12.8. The zero-order chi connectivity index (χ0) is 45.6. The molecule has 0 aromatic carbocycles. The van der Waals surface area contributed by atoms with Gasteiger partial charge in [0.2, 0.25) is 5.91 Å². The second kappa shape index (κ2) is 55.5. The van der Waals surface area contributed by atoms with Gasteiger partial charge < -0.3 is 15.5 Å². The van der Waals surface area contributed by atoms with Gasteiger partial charge in [0.1, 0.15) is 0 Å². The van der Waals surface area contributed by atoms with Crippen molar-refractivity contribution in [2.45, 2.75) is 353 Å². The van der Waals surface area contributed by atoms with E-state index in [9.17, 15) is 15.0 Å². The Morgan fingerprint density at radius 1 is 0.365 bits per heavy atom. The number of nitrogens with one attached hydrogen (secondary N) is 1. The Kier molecular flexibility index (Phi) is 54.7. The highest BCUT2D eigenvalue weighted by atomic mass is 16.3. The summed E-state index contributed by atoms with van der Waals surface area (Å²) in [5.74, 6) is -0.0247. The van der Waals surface area contributed by atoms with Crippen molar-refractivity contribution in [2.75, 3.05) is 6.61 Å². The minimum Gasteiger partial charge on any atom is -0.394 e. The molecule has 0 aliphatic carbocycles. The molecule has 0 aromatic heterocycles. The molecule has 0 bridgehead atoms. The first kappa shape index (κ1) is 62.1. The van der Waals surface area contributed by atoms with E-state index in [-0.39, 0.29) is 12.5 Å². The Morgan fingerprint density at radius 2 is 0.603 bits per heavy atom. The van der Waals surface area contributed by atoms with E-state index in [1.54, 1.807) is 0 Å². The quantitative estimate of drug-likeness (QED) is 0.0421. The first-order valence-corrected chi connectivity index (χ1v) is 29.4. The van der Waals surface area contributed by atoms with Gasteiger partial charge in [0.25, 0.3) is 0 Å². The summed E-state index contributed by atoms with van der Waals surface area (Å²) < 4.78 is 0. The molecule has 3 N–H and O–H groups in total. The Morgan fingerprint density at radius 3 is 0.873 bits per heavy atom. The Balaban J connectivity index is 3.42. The lowest BCUT2D eigenvalue weighted by Gasteiger charge is -2.22. The highest BCUT2D eigenvalue weighted by Gasteiger charge is 2.20. The highest BCUT2D eigenvalue weighted by molar-refractivity contribution is 5.76. The molecule has 4 heteroatoms. The summed E-state index contributed by atoms with van der Waals surface area (Å²) in [4.78, 5) is 12.5. The van der Waals surface area contributed by atoms with Crippen molar-refractivity contribution in [3.63, 3.8) is 0 Å². The fourth-order valence-electron chi connectivity index (χ4n) is 9.54. The van der Waals surface area contributed by atoms with E-state index in [1.807, 2.05) is 0 Å². The molecule has 2 atom stereocenters. The van der Waals surface area contributed by atoms with E-state index in [4.69, 9.17) is 0 Å². The van der Waals surface area contributed by atoms with Gasteiger partial charge in [-0.3, -0.25) is 4.79 Å². The largest absolute Gasteiger partial charge is 0.394 e. The van der Waals surface area contributed by atoms with Gasteiger partial charge in [-0.15, -0.1) is 0 Å². The monoisotopic (exact) mass is 888 g/mol. The maximum Gasteiger partial charge on any atom is 0.220 e. The average molecular weight is 889 g/mol. The fourth-order valence-corrected chi connectivity index (χ4v) is 9.54. The highest BCUT2D eigenvalue weighted by Crippen LogP contribution is 2.18. The van der Waals surface area contributed by atoms with Crippen LogP contribution in [-0.2, 0) is 4.79 Å². The van der Waals surface area contributed by atoms with Crippen molar-refractivity contribution >= 4 is 5.91 Å². The molecule has 63 heavy (non-hydrogen) atoms. The van der Waals surface area contributed by atoms with Gasteiger partial charge >= 0.3 is 0 Å². The van der Waals surface area contributed by atoms with Crippen molar-refractivity contribution in [3.05, 3.63) is 12.2 Å². The molecule has 0 fully saturated rings. The molecule has 0 aliphatic rings. The molecule has 0 saturated heterocycles. The third kappa shape index (κ3) is 52.0. The zero-order valence-electron chi connectivity index (χ0n) is 43.4. The van der Waals surface area contributed by atoms with Gasteiger partial charge in [0.05, 0.1) is 18.8 Å². The number of aliphatic hydroxyl groups excluding tert-OH is 2. The molecule has 0 saturated carbocycles. The lowest BCUT2D eigenvalue weighted by molar-refractivity contribution is -0.123. The van der Waals surface area contributed by atoms with Gasteiger partial charge in [-0.1, -0.05) is 309 Å². The van der Waals surface area contributed by atoms with Crippen LogP contribution >= 0.6 is 0 Å². The van der Waals surface area contributed by atoms with Gasteiger partial charge in [-0.2, -0.15) is 0 Å². The van der Waals surface area contributed by atoms with Crippen LogP contribution < -0.4 is 5.32 Å². The van der Waals surface area contributed by atoms with Gasteiger partial charge in [-0.05, 0) is 38.5 Å². The Bertz CT molecular complexity index is 875. The molecular weight excluding hydrogens is 771 g/mol. The second-order valence-corrected chi connectivity index (χ2v) is 20.4. The average Bonchev–Trinajstić information content (AvgIpc) is 3.29. The molecule has 0 aliphatic heterocycles. The summed E-state index contributed by atoms with van der Waals surface area (Å²) in [6, 6.07) is -0.534.